The Hall–Kier alpha value is -0.780. The minimum absolute atomic E-state index is 1.32. The first-order valence-corrected chi connectivity index (χ1v) is 4.28. The van der Waals surface area contributed by atoms with Gasteiger partial charge in [-0.3, -0.25) is 0 Å². The van der Waals surface area contributed by atoms with E-state index in [-0.39, 0.29) is 0 Å². The van der Waals surface area contributed by atoms with E-state index in [4.69, 9.17) is 0 Å². The maximum Gasteiger partial charge on any atom is 0.00499 e. The Balaban J connectivity index is 2.23. The Morgan fingerprint density at radius 2 is 2.00 bits per heavy atom. The molecule has 0 aromatic heterocycles. The van der Waals surface area contributed by atoms with Crippen molar-refractivity contribution in [3.63, 3.8) is 0 Å². The Bertz CT molecular complexity index is 246. The third-order valence-electron chi connectivity index (χ3n) is 2.38. The fraction of sp³-hybridized carbons (Fsp3) is 0.364. The lowest BCUT2D eigenvalue weighted by atomic mass is 9.80. The first kappa shape index (κ1) is 6.90. The van der Waals surface area contributed by atoms with Crippen molar-refractivity contribution in [1.82, 2.24) is 0 Å². The van der Waals surface area contributed by atoms with Gasteiger partial charge in [0.2, 0.25) is 0 Å². The Labute approximate surface area is 68.3 Å². The van der Waals surface area contributed by atoms with Crippen LogP contribution in [0.4, 0.5) is 0 Å². The molecule has 1 aliphatic carbocycles. The van der Waals surface area contributed by atoms with Gasteiger partial charge in [-0.1, -0.05) is 36.2 Å². The van der Waals surface area contributed by atoms with Crippen molar-refractivity contribution in [3.05, 3.63) is 41.3 Å². The van der Waals surface area contributed by atoms with E-state index in [0.29, 0.717) is 0 Å². The summed E-state index contributed by atoms with van der Waals surface area (Å²) in [6, 6.07) is 8.81. The number of rotatable bonds is 1. The highest BCUT2D eigenvalue weighted by atomic mass is 14.2. The number of hydrogen-bond donors (Lipinski definition) is 0. The molecule has 1 radical (unpaired) electrons. The summed E-state index contributed by atoms with van der Waals surface area (Å²) in [5, 5.41) is 0. The summed E-state index contributed by atoms with van der Waals surface area (Å²) >= 11 is 0. The van der Waals surface area contributed by atoms with Gasteiger partial charge in [0, 0.05) is 5.92 Å². The highest BCUT2D eigenvalue weighted by Gasteiger charge is 2.19. The quantitative estimate of drug-likeness (QED) is 0.569. The molecule has 1 saturated carbocycles. The summed E-state index contributed by atoms with van der Waals surface area (Å²) in [6.45, 7) is 2.16. The smallest absolute Gasteiger partial charge is 0.00499 e. The van der Waals surface area contributed by atoms with Gasteiger partial charge in [0.15, 0.2) is 0 Å². The van der Waals surface area contributed by atoms with Gasteiger partial charge < -0.3 is 0 Å². The maximum atomic E-state index is 2.29. The van der Waals surface area contributed by atoms with E-state index in [1.807, 2.05) is 0 Å². The zero-order valence-electron chi connectivity index (χ0n) is 6.93. The van der Waals surface area contributed by atoms with Crippen molar-refractivity contribution >= 4 is 0 Å². The van der Waals surface area contributed by atoms with Crippen LogP contribution >= 0.6 is 0 Å². The molecule has 0 amide bonds. The second-order valence-electron chi connectivity index (χ2n) is 3.33. The van der Waals surface area contributed by atoms with Crippen molar-refractivity contribution in [3.8, 4) is 0 Å². The third kappa shape index (κ3) is 1.30. The van der Waals surface area contributed by atoms with E-state index >= 15 is 0 Å². The topological polar surface area (TPSA) is 0 Å². The monoisotopic (exact) mass is 145 g/mol. The van der Waals surface area contributed by atoms with Gasteiger partial charge in [0.1, 0.15) is 0 Å². The lowest BCUT2D eigenvalue weighted by Gasteiger charge is -2.25. The SMILES string of the molecule is Cc1cccc([C]2CCC2)c1. The van der Waals surface area contributed by atoms with Crippen LogP contribution in [0.3, 0.4) is 0 Å². The van der Waals surface area contributed by atoms with E-state index in [9.17, 15) is 0 Å². The lowest BCUT2D eigenvalue weighted by Crippen LogP contribution is -2.09. The average molecular weight is 145 g/mol. The molecule has 11 heavy (non-hydrogen) atoms. The molecule has 1 aromatic rings. The summed E-state index contributed by atoms with van der Waals surface area (Å²) in [7, 11) is 0. The van der Waals surface area contributed by atoms with Gasteiger partial charge in [0.25, 0.3) is 0 Å². The van der Waals surface area contributed by atoms with E-state index in [1.165, 1.54) is 30.4 Å². The fourth-order valence-corrected chi connectivity index (χ4v) is 1.51. The van der Waals surface area contributed by atoms with Gasteiger partial charge >= 0.3 is 0 Å². The van der Waals surface area contributed by atoms with Gasteiger partial charge in [-0.05, 0) is 25.3 Å². The zero-order chi connectivity index (χ0) is 7.68. The number of benzene rings is 1. The van der Waals surface area contributed by atoms with Crippen molar-refractivity contribution in [1.29, 1.82) is 0 Å². The molecule has 0 nitrogen and oxygen atoms in total. The first-order valence-electron chi connectivity index (χ1n) is 4.28. The Morgan fingerprint density at radius 1 is 1.18 bits per heavy atom. The molecule has 2 rings (SSSR count). The summed E-state index contributed by atoms with van der Waals surface area (Å²) in [4.78, 5) is 0. The number of aryl methyl sites for hydroxylation is 1. The molecule has 0 heteroatoms. The average Bonchev–Trinajstić information content (AvgIpc) is 1.83. The van der Waals surface area contributed by atoms with E-state index in [0.717, 1.165) is 0 Å². The summed E-state index contributed by atoms with van der Waals surface area (Å²) in [5.74, 6) is 1.65. The van der Waals surface area contributed by atoms with Gasteiger partial charge in [-0.15, -0.1) is 0 Å². The fourth-order valence-electron chi connectivity index (χ4n) is 1.51. The zero-order valence-corrected chi connectivity index (χ0v) is 6.93. The molecular formula is C11H13. The van der Waals surface area contributed by atoms with Crippen molar-refractivity contribution < 1.29 is 0 Å². The normalized spacial score (nSPS) is 17.9. The predicted molar refractivity (Wildman–Crippen MR) is 47.4 cm³/mol. The van der Waals surface area contributed by atoms with Crippen LogP contribution in [0.5, 0.6) is 0 Å². The Morgan fingerprint density at radius 3 is 2.55 bits per heavy atom. The molecule has 0 heterocycles. The molecule has 1 aromatic carbocycles. The molecule has 0 N–H and O–H groups in total. The molecule has 0 unspecified atom stereocenters. The molecule has 1 aliphatic rings. The minimum Gasteiger partial charge on any atom is -0.0617 e. The standard InChI is InChI=1S/C11H13/c1-9-4-2-7-11(8-9)10-5-3-6-10/h2,4,7-8H,3,5-6H2,1H3. The molecule has 57 valence electrons. The summed E-state index contributed by atoms with van der Waals surface area (Å²) in [5.41, 5.74) is 2.85. The van der Waals surface area contributed by atoms with Crippen LogP contribution in [-0.2, 0) is 0 Å². The van der Waals surface area contributed by atoms with Gasteiger partial charge in [-0.25, -0.2) is 0 Å². The second kappa shape index (κ2) is 2.69. The maximum absolute atomic E-state index is 2.29. The van der Waals surface area contributed by atoms with Crippen molar-refractivity contribution in [2.75, 3.05) is 0 Å². The van der Waals surface area contributed by atoms with Crippen molar-refractivity contribution in [2.45, 2.75) is 26.2 Å². The van der Waals surface area contributed by atoms with Crippen LogP contribution in [0, 0.1) is 12.8 Å². The van der Waals surface area contributed by atoms with Crippen LogP contribution in [0.25, 0.3) is 0 Å². The summed E-state index contributed by atoms with van der Waals surface area (Å²) in [6.07, 6.45) is 4.04. The molecule has 0 bridgehead atoms. The van der Waals surface area contributed by atoms with Crippen LogP contribution in [0.1, 0.15) is 30.4 Å². The molecule has 0 aliphatic heterocycles. The molecule has 0 saturated heterocycles. The lowest BCUT2D eigenvalue weighted by molar-refractivity contribution is 0.577. The van der Waals surface area contributed by atoms with Gasteiger partial charge in [0.05, 0.1) is 0 Å². The van der Waals surface area contributed by atoms with E-state index < -0.39 is 0 Å². The van der Waals surface area contributed by atoms with Crippen LogP contribution in [-0.4, -0.2) is 0 Å². The van der Waals surface area contributed by atoms with E-state index in [2.05, 4.69) is 31.2 Å². The van der Waals surface area contributed by atoms with Gasteiger partial charge in [-0.2, -0.15) is 0 Å². The molecule has 1 fully saturated rings. The highest BCUT2D eigenvalue weighted by Crippen LogP contribution is 2.35. The van der Waals surface area contributed by atoms with Crippen LogP contribution in [0.2, 0.25) is 0 Å². The minimum atomic E-state index is 1.32. The van der Waals surface area contributed by atoms with Crippen LogP contribution < -0.4 is 0 Å². The Kier molecular flexibility index (Phi) is 1.69. The first-order chi connectivity index (χ1) is 5.36. The van der Waals surface area contributed by atoms with Crippen molar-refractivity contribution in [2.24, 2.45) is 0 Å². The van der Waals surface area contributed by atoms with E-state index in [1.54, 1.807) is 5.92 Å². The largest absolute Gasteiger partial charge is 0.0617 e. The summed E-state index contributed by atoms with van der Waals surface area (Å²) < 4.78 is 0. The van der Waals surface area contributed by atoms with Crippen LogP contribution in [0.15, 0.2) is 24.3 Å². The number of hydrogen-bond acceptors (Lipinski definition) is 0. The molecule has 0 atom stereocenters. The second-order valence-corrected chi connectivity index (χ2v) is 3.33. The molecular weight excluding hydrogens is 132 g/mol. The predicted octanol–water partition coefficient (Wildman–Crippen LogP) is 3.10. The highest BCUT2D eigenvalue weighted by molar-refractivity contribution is 5.35. The third-order valence-corrected chi connectivity index (χ3v) is 2.38. The molecule has 0 spiro atoms.